The van der Waals surface area contributed by atoms with Crippen LogP contribution in [0, 0.1) is 0 Å². The Hall–Kier alpha value is -1.36. The molecule has 0 radical (unpaired) electrons. The van der Waals surface area contributed by atoms with Gasteiger partial charge in [0.2, 0.25) is 5.91 Å². The largest absolute Gasteiger partial charge is 0.338 e. The zero-order chi connectivity index (χ0) is 16.9. The Morgan fingerprint density at radius 3 is 2.71 bits per heavy atom. The van der Waals surface area contributed by atoms with Crippen LogP contribution >= 0.6 is 22.9 Å². The minimum atomic E-state index is 0.261. The molecule has 1 unspecified atom stereocenters. The van der Waals surface area contributed by atoms with Crippen LogP contribution in [0.5, 0.6) is 0 Å². The molecule has 2 aromatic rings. The van der Waals surface area contributed by atoms with Gasteiger partial charge in [0.1, 0.15) is 0 Å². The van der Waals surface area contributed by atoms with Gasteiger partial charge in [-0.25, -0.2) is 0 Å². The molecule has 1 atom stereocenters. The van der Waals surface area contributed by atoms with E-state index in [4.69, 9.17) is 11.6 Å². The first-order chi connectivity index (χ1) is 11.6. The van der Waals surface area contributed by atoms with Crippen LogP contribution < -0.4 is 0 Å². The van der Waals surface area contributed by atoms with Crippen LogP contribution in [0.25, 0.3) is 0 Å². The van der Waals surface area contributed by atoms with E-state index in [1.807, 2.05) is 29.2 Å². The van der Waals surface area contributed by atoms with Crippen LogP contribution in [0.15, 0.2) is 41.1 Å². The zero-order valence-corrected chi connectivity index (χ0v) is 15.5. The first-order valence-corrected chi connectivity index (χ1v) is 9.67. The summed E-state index contributed by atoms with van der Waals surface area (Å²) in [4.78, 5) is 16.8. The van der Waals surface area contributed by atoms with E-state index in [0.717, 1.165) is 36.5 Å². The molecular formula is C19H23ClN2OS. The van der Waals surface area contributed by atoms with Gasteiger partial charge < -0.3 is 4.90 Å². The summed E-state index contributed by atoms with van der Waals surface area (Å²) in [5, 5.41) is 5.05. The summed E-state index contributed by atoms with van der Waals surface area (Å²) in [7, 11) is 2.17. The van der Waals surface area contributed by atoms with E-state index in [2.05, 4.69) is 28.8 Å². The molecule has 1 saturated heterocycles. The number of thiophene rings is 1. The van der Waals surface area contributed by atoms with E-state index in [-0.39, 0.29) is 5.91 Å². The number of hydrogen-bond acceptors (Lipinski definition) is 3. The van der Waals surface area contributed by atoms with Gasteiger partial charge in [-0.05, 0) is 60.0 Å². The zero-order valence-electron chi connectivity index (χ0n) is 14.0. The van der Waals surface area contributed by atoms with Crippen molar-refractivity contribution in [3.05, 3.63) is 57.2 Å². The molecule has 3 rings (SSSR count). The average molecular weight is 363 g/mol. The van der Waals surface area contributed by atoms with Gasteiger partial charge in [-0.1, -0.05) is 23.7 Å². The highest BCUT2D eigenvalue weighted by atomic mass is 35.5. The molecule has 2 heterocycles. The third-order valence-corrected chi connectivity index (χ3v) is 5.68. The molecule has 1 aliphatic rings. The highest BCUT2D eigenvalue weighted by Crippen LogP contribution is 2.21. The molecule has 128 valence electrons. The van der Waals surface area contributed by atoms with Crippen molar-refractivity contribution >= 4 is 28.8 Å². The maximum atomic E-state index is 12.5. The molecule has 1 fully saturated rings. The average Bonchev–Trinajstić information content (AvgIpc) is 3.01. The van der Waals surface area contributed by atoms with Crippen molar-refractivity contribution in [3.63, 3.8) is 0 Å². The summed E-state index contributed by atoms with van der Waals surface area (Å²) in [6.07, 6.45) is 2.60. The van der Waals surface area contributed by atoms with Crippen molar-refractivity contribution in [2.75, 3.05) is 13.6 Å². The predicted molar refractivity (Wildman–Crippen MR) is 100 cm³/mol. The van der Waals surface area contributed by atoms with Gasteiger partial charge in [0.15, 0.2) is 0 Å². The van der Waals surface area contributed by atoms with Gasteiger partial charge in [-0.3, -0.25) is 9.69 Å². The lowest BCUT2D eigenvalue weighted by atomic mass is 10.1. The lowest BCUT2D eigenvalue weighted by Gasteiger charge is -2.27. The van der Waals surface area contributed by atoms with E-state index in [1.54, 1.807) is 11.3 Å². The Morgan fingerprint density at radius 1 is 1.21 bits per heavy atom. The first kappa shape index (κ1) is 17.5. The molecule has 0 N–H and O–H groups in total. The lowest BCUT2D eigenvalue weighted by Crippen LogP contribution is -2.33. The number of benzene rings is 1. The van der Waals surface area contributed by atoms with Crippen LogP contribution in [0.4, 0.5) is 0 Å². The molecule has 1 amide bonds. The van der Waals surface area contributed by atoms with E-state index in [0.29, 0.717) is 19.0 Å². The van der Waals surface area contributed by atoms with Gasteiger partial charge in [0, 0.05) is 37.1 Å². The summed E-state index contributed by atoms with van der Waals surface area (Å²) in [5.41, 5.74) is 2.49. The molecule has 24 heavy (non-hydrogen) atoms. The molecule has 0 aliphatic carbocycles. The number of likely N-dealkylation sites (tertiary alicyclic amines) is 1. The molecular weight excluding hydrogens is 340 g/mol. The second-order valence-corrected chi connectivity index (χ2v) is 7.69. The SMILES string of the molecule is CN(Cc1ccsc1)C1CCC(=O)N(Cc2ccc(Cl)cc2)CC1. The first-order valence-electron chi connectivity index (χ1n) is 8.35. The summed E-state index contributed by atoms with van der Waals surface area (Å²) in [6.45, 7) is 2.45. The van der Waals surface area contributed by atoms with Gasteiger partial charge in [0.25, 0.3) is 0 Å². The van der Waals surface area contributed by atoms with Gasteiger partial charge in [-0.15, -0.1) is 0 Å². The Morgan fingerprint density at radius 2 is 2.00 bits per heavy atom. The van der Waals surface area contributed by atoms with Crippen molar-refractivity contribution < 1.29 is 4.79 Å². The van der Waals surface area contributed by atoms with E-state index in [1.165, 1.54) is 5.56 Å². The van der Waals surface area contributed by atoms with E-state index in [9.17, 15) is 4.79 Å². The molecule has 0 saturated carbocycles. The van der Waals surface area contributed by atoms with Crippen molar-refractivity contribution in [2.45, 2.75) is 38.4 Å². The standard InChI is InChI=1S/C19H23ClN2OS/c1-21(12-16-9-11-24-14-16)18-6-7-19(23)22(10-8-18)13-15-2-4-17(20)5-3-15/h2-5,9,11,14,18H,6-8,10,12-13H2,1H3. The Kier molecular flexibility index (Phi) is 5.93. The van der Waals surface area contributed by atoms with Gasteiger partial charge in [0.05, 0.1) is 0 Å². The van der Waals surface area contributed by atoms with Crippen LogP contribution in [0.2, 0.25) is 5.02 Å². The predicted octanol–water partition coefficient (Wildman–Crippen LogP) is 4.41. The highest BCUT2D eigenvalue weighted by molar-refractivity contribution is 7.07. The third kappa shape index (κ3) is 4.59. The number of amides is 1. The Bertz CT molecular complexity index is 657. The quantitative estimate of drug-likeness (QED) is 0.786. The minimum Gasteiger partial charge on any atom is -0.338 e. The minimum absolute atomic E-state index is 0.261. The maximum absolute atomic E-state index is 12.5. The molecule has 3 nitrogen and oxygen atoms in total. The second kappa shape index (κ2) is 8.15. The fraction of sp³-hybridized carbons (Fsp3) is 0.421. The maximum Gasteiger partial charge on any atom is 0.222 e. The van der Waals surface area contributed by atoms with Gasteiger partial charge in [-0.2, -0.15) is 11.3 Å². The Balaban J connectivity index is 1.58. The number of hydrogen-bond donors (Lipinski definition) is 0. The van der Waals surface area contributed by atoms with Crippen molar-refractivity contribution in [2.24, 2.45) is 0 Å². The molecule has 1 aromatic carbocycles. The number of carbonyl (C=O) groups excluding carboxylic acids is 1. The fourth-order valence-corrected chi connectivity index (χ4v) is 4.03. The van der Waals surface area contributed by atoms with Crippen molar-refractivity contribution in [1.29, 1.82) is 0 Å². The van der Waals surface area contributed by atoms with E-state index < -0.39 is 0 Å². The molecule has 0 spiro atoms. The van der Waals surface area contributed by atoms with Crippen LogP contribution in [0.3, 0.4) is 0 Å². The molecule has 0 bridgehead atoms. The normalized spacial score (nSPS) is 18.9. The molecule has 1 aromatic heterocycles. The number of rotatable bonds is 5. The van der Waals surface area contributed by atoms with Crippen LogP contribution in [0.1, 0.15) is 30.4 Å². The van der Waals surface area contributed by atoms with Gasteiger partial charge >= 0.3 is 0 Å². The van der Waals surface area contributed by atoms with E-state index >= 15 is 0 Å². The lowest BCUT2D eigenvalue weighted by molar-refractivity contribution is -0.131. The van der Waals surface area contributed by atoms with Crippen molar-refractivity contribution in [1.82, 2.24) is 9.80 Å². The third-order valence-electron chi connectivity index (χ3n) is 4.70. The second-order valence-electron chi connectivity index (χ2n) is 6.47. The Labute approximate surface area is 152 Å². The molecule has 1 aliphatic heterocycles. The summed E-state index contributed by atoms with van der Waals surface area (Å²) >= 11 is 7.67. The summed E-state index contributed by atoms with van der Waals surface area (Å²) < 4.78 is 0. The summed E-state index contributed by atoms with van der Waals surface area (Å²) in [5.74, 6) is 0.261. The van der Waals surface area contributed by atoms with Crippen LogP contribution in [-0.2, 0) is 17.9 Å². The topological polar surface area (TPSA) is 23.6 Å². The van der Waals surface area contributed by atoms with Crippen molar-refractivity contribution in [3.8, 4) is 0 Å². The molecule has 5 heteroatoms. The monoisotopic (exact) mass is 362 g/mol. The fourth-order valence-electron chi connectivity index (χ4n) is 3.24. The number of halogens is 1. The van der Waals surface area contributed by atoms with Crippen LogP contribution in [-0.4, -0.2) is 35.3 Å². The number of carbonyl (C=O) groups is 1. The highest BCUT2D eigenvalue weighted by Gasteiger charge is 2.25. The smallest absolute Gasteiger partial charge is 0.222 e. The number of nitrogens with zero attached hydrogens (tertiary/aromatic N) is 2. The summed E-state index contributed by atoms with van der Waals surface area (Å²) in [6, 6.07) is 10.4.